The van der Waals surface area contributed by atoms with Gasteiger partial charge in [0.1, 0.15) is 6.61 Å². The number of halogens is 1. The number of allylic oxidation sites excluding steroid dienone is 1. The van der Waals surface area contributed by atoms with Crippen molar-refractivity contribution >= 4 is 33.3 Å². The molecule has 4 aliphatic carbocycles. The van der Waals surface area contributed by atoms with Crippen LogP contribution < -0.4 is 0 Å². The van der Waals surface area contributed by atoms with E-state index in [2.05, 4.69) is 13.8 Å². The van der Waals surface area contributed by atoms with E-state index in [4.69, 9.17) is 15.8 Å². The molecule has 0 saturated heterocycles. The molecular formula is C27H33ClO5S. The van der Waals surface area contributed by atoms with Crippen molar-refractivity contribution in [3.8, 4) is 0 Å². The first-order chi connectivity index (χ1) is 16.0. The third-order valence-electron chi connectivity index (χ3n) is 9.81. The van der Waals surface area contributed by atoms with E-state index in [9.17, 15) is 18.0 Å². The van der Waals surface area contributed by atoms with Crippen molar-refractivity contribution in [1.29, 1.82) is 0 Å². The first kappa shape index (κ1) is 24.2. The highest BCUT2D eigenvalue weighted by molar-refractivity contribution is 7.86. The number of carbonyl (C=O) groups is 2. The van der Waals surface area contributed by atoms with Crippen molar-refractivity contribution in [3.63, 3.8) is 0 Å². The second-order valence-corrected chi connectivity index (χ2v) is 13.3. The normalized spacial score (nSPS) is 37.4. The lowest BCUT2D eigenvalue weighted by atomic mass is 9.46. The van der Waals surface area contributed by atoms with Gasteiger partial charge in [-0.2, -0.15) is 8.42 Å². The zero-order chi connectivity index (χ0) is 24.3. The first-order valence-electron chi connectivity index (χ1n) is 12.5. The highest BCUT2D eigenvalue weighted by Gasteiger charge is 2.60. The van der Waals surface area contributed by atoms with Crippen LogP contribution >= 0.6 is 11.6 Å². The van der Waals surface area contributed by atoms with Crippen LogP contribution in [0.25, 0.3) is 0 Å². The number of Topliss-reactive ketones (excluding diaryl/α,β-unsaturated/α-hetero) is 1. The molecule has 7 heteroatoms. The van der Waals surface area contributed by atoms with Gasteiger partial charge < -0.3 is 0 Å². The molecule has 0 spiro atoms. The molecule has 3 fully saturated rings. The van der Waals surface area contributed by atoms with Crippen LogP contribution in [0.3, 0.4) is 0 Å². The predicted octanol–water partition coefficient (Wildman–Crippen LogP) is 5.76. The van der Waals surface area contributed by atoms with Gasteiger partial charge in [-0.1, -0.05) is 31.0 Å². The van der Waals surface area contributed by atoms with E-state index >= 15 is 0 Å². The number of hydrogen-bond donors (Lipinski definition) is 0. The van der Waals surface area contributed by atoms with Crippen LogP contribution in [0.2, 0.25) is 5.02 Å². The molecule has 4 aliphatic rings. The Morgan fingerprint density at radius 1 is 1.03 bits per heavy atom. The summed E-state index contributed by atoms with van der Waals surface area (Å²) in [6, 6.07) is 5.77. The molecule has 3 saturated carbocycles. The van der Waals surface area contributed by atoms with Gasteiger partial charge in [0.2, 0.25) is 0 Å². The van der Waals surface area contributed by atoms with E-state index in [0.29, 0.717) is 29.2 Å². The molecule has 0 radical (unpaired) electrons. The molecule has 5 nitrogen and oxygen atoms in total. The fraction of sp³-hybridized carbons (Fsp3) is 0.630. The Labute approximate surface area is 207 Å². The van der Waals surface area contributed by atoms with E-state index in [0.717, 1.165) is 44.9 Å². The summed E-state index contributed by atoms with van der Waals surface area (Å²) >= 11 is 5.85. The van der Waals surface area contributed by atoms with Gasteiger partial charge in [-0.15, -0.1) is 0 Å². The number of ketones is 2. The highest BCUT2D eigenvalue weighted by Crippen LogP contribution is 2.66. The van der Waals surface area contributed by atoms with Crippen molar-refractivity contribution in [2.24, 2.45) is 34.5 Å². The zero-order valence-electron chi connectivity index (χ0n) is 19.9. The number of fused-ring (bicyclic) bond motifs is 5. The van der Waals surface area contributed by atoms with E-state index in [1.165, 1.54) is 29.8 Å². The fourth-order valence-electron chi connectivity index (χ4n) is 7.99. The SMILES string of the molecule is C[C@]12CC[C@H]3[C@@H](CCC4=CC(=O)CC[C@@]43C)[C@@H]1CC[C@@H]2C(=O)COS(=O)(=O)c1ccc(Cl)cc1. The molecule has 34 heavy (non-hydrogen) atoms. The quantitative estimate of drug-likeness (QED) is 0.476. The molecule has 0 unspecified atom stereocenters. The summed E-state index contributed by atoms with van der Waals surface area (Å²) in [6.07, 6.45) is 9.42. The molecule has 5 rings (SSSR count). The number of hydrogen-bond acceptors (Lipinski definition) is 5. The van der Waals surface area contributed by atoms with E-state index in [-0.39, 0.29) is 33.2 Å². The minimum atomic E-state index is -4.01. The minimum absolute atomic E-state index is 0.00555. The average molecular weight is 505 g/mol. The summed E-state index contributed by atoms with van der Waals surface area (Å²) in [5.41, 5.74) is 1.34. The predicted molar refractivity (Wildman–Crippen MR) is 130 cm³/mol. The average Bonchev–Trinajstić information content (AvgIpc) is 3.15. The molecule has 0 bridgehead atoms. The highest BCUT2D eigenvalue weighted by atomic mass is 35.5. The van der Waals surface area contributed by atoms with Gasteiger partial charge in [0, 0.05) is 17.4 Å². The van der Waals surface area contributed by atoms with Crippen LogP contribution in [0.15, 0.2) is 40.8 Å². The molecule has 6 atom stereocenters. The molecule has 0 aromatic heterocycles. The van der Waals surface area contributed by atoms with Crippen LogP contribution in [0.4, 0.5) is 0 Å². The third kappa shape index (κ3) is 3.90. The standard InChI is InChI=1S/C27H33ClO5S/c1-26-13-11-19(29)15-17(26)3-8-21-22-9-10-24(27(22,2)14-12-23(21)26)25(30)16-33-34(31,32)20-6-4-18(28)5-7-20/h4-7,15,21-24H,3,8-14,16H2,1-2H3/t21-,22-,23-,24+,26-,27-/m0/s1. The lowest BCUT2D eigenvalue weighted by Crippen LogP contribution is -2.51. The maximum atomic E-state index is 13.3. The zero-order valence-corrected chi connectivity index (χ0v) is 21.5. The summed E-state index contributed by atoms with van der Waals surface area (Å²) in [7, 11) is -4.01. The van der Waals surface area contributed by atoms with Gasteiger partial charge in [-0.25, -0.2) is 0 Å². The summed E-state index contributed by atoms with van der Waals surface area (Å²) in [6.45, 7) is 4.19. The molecule has 0 heterocycles. The van der Waals surface area contributed by atoms with E-state index in [1.54, 1.807) is 0 Å². The van der Waals surface area contributed by atoms with Crippen molar-refractivity contribution in [2.75, 3.05) is 6.61 Å². The Bertz CT molecular complexity index is 1140. The Morgan fingerprint density at radius 2 is 1.76 bits per heavy atom. The Hall–Kier alpha value is -1.50. The molecule has 0 amide bonds. The van der Waals surface area contributed by atoms with Crippen LogP contribution in [-0.4, -0.2) is 26.6 Å². The van der Waals surface area contributed by atoms with E-state index in [1.807, 2.05) is 6.08 Å². The summed E-state index contributed by atoms with van der Waals surface area (Å²) < 4.78 is 30.3. The lowest BCUT2D eigenvalue weighted by molar-refractivity contribution is -0.132. The minimum Gasteiger partial charge on any atom is -0.297 e. The van der Waals surface area contributed by atoms with Crippen molar-refractivity contribution in [2.45, 2.75) is 70.1 Å². The molecule has 184 valence electrons. The van der Waals surface area contributed by atoms with Crippen LogP contribution in [0.1, 0.15) is 65.2 Å². The number of rotatable bonds is 5. The maximum absolute atomic E-state index is 13.3. The van der Waals surface area contributed by atoms with Crippen molar-refractivity contribution in [1.82, 2.24) is 0 Å². The second kappa shape index (κ2) is 8.56. The Morgan fingerprint density at radius 3 is 2.50 bits per heavy atom. The Balaban J connectivity index is 1.30. The maximum Gasteiger partial charge on any atom is 0.297 e. The van der Waals surface area contributed by atoms with Crippen LogP contribution in [0, 0.1) is 34.5 Å². The smallest absolute Gasteiger partial charge is 0.297 e. The lowest BCUT2D eigenvalue weighted by Gasteiger charge is -2.58. The van der Waals surface area contributed by atoms with Gasteiger partial charge in [-0.3, -0.25) is 13.8 Å². The van der Waals surface area contributed by atoms with E-state index < -0.39 is 16.7 Å². The van der Waals surface area contributed by atoms with Crippen LogP contribution in [-0.2, 0) is 23.9 Å². The molecule has 0 N–H and O–H groups in total. The largest absolute Gasteiger partial charge is 0.297 e. The summed E-state index contributed by atoms with van der Waals surface area (Å²) in [5.74, 6) is 1.58. The first-order valence-corrected chi connectivity index (χ1v) is 14.2. The monoisotopic (exact) mass is 504 g/mol. The van der Waals surface area contributed by atoms with Gasteiger partial charge in [-0.05, 0) is 104 Å². The van der Waals surface area contributed by atoms with Gasteiger partial charge in [0.05, 0.1) is 4.90 Å². The number of carbonyl (C=O) groups excluding carboxylic acids is 2. The molecule has 0 aliphatic heterocycles. The molecular weight excluding hydrogens is 472 g/mol. The van der Waals surface area contributed by atoms with Crippen LogP contribution in [0.5, 0.6) is 0 Å². The molecule has 1 aromatic carbocycles. The summed E-state index contributed by atoms with van der Waals surface area (Å²) in [5, 5.41) is 0.439. The van der Waals surface area contributed by atoms with Gasteiger partial charge >= 0.3 is 0 Å². The van der Waals surface area contributed by atoms with Crippen molar-refractivity contribution < 1.29 is 22.2 Å². The van der Waals surface area contributed by atoms with Gasteiger partial charge in [0.25, 0.3) is 10.1 Å². The summed E-state index contributed by atoms with van der Waals surface area (Å²) in [4.78, 5) is 25.3. The Kier molecular flexibility index (Phi) is 6.10. The second-order valence-electron chi connectivity index (χ2n) is 11.3. The topological polar surface area (TPSA) is 77.5 Å². The fourth-order valence-corrected chi connectivity index (χ4v) is 9.00. The number of benzene rings is 1. The van der Waals surface area contributed by atoms with Gasteiger partial charge in [0.15, 0.2) is 11.6 Å². The van der Waals surface area contributed by atoms with Crippen molar-refractivity contribution in [3.05, 3.63) is 40.9 Å². The molecule has 1 aromatic rings. The third-order valence-corrected chi connectivity index (χ3v) is 11.3.